The molecule has 0 amide bonds. The first-order valence-electron chi connectivity index (χ1n) is 6.69. The summed E-state index contributed by atoms with van der Waals surface area (Å²) < 4.78 is 9.49. The van der Waals surface area contributed by atoms with Crippen molar-refractivity contribution in [2.75, 3.05) is 13.7 Å². The number of hydrogen-bond donors (Lipinski definition) is 0. The van der Waals surface area contributed by atoms with Gasteiger partial charge in [-0.05, 0) is 25.2 Å². The van der Waals surface area contributed by atoms with Crippen LogP contribution in [0.4, 0.5) is 0 Å². The first-order chi connectivity index (χ1) is 9.10. The molecule has 4 heteroatoms. The third-order valence-corrected chi connectivity index (χ3v) is 2.55. The van der Waals surface area contributed by atoms with E-state index >= 15 is 0 Å². The van der Waals surface area contributed by atoms with Crippen LogP contribution in [-0.4, -0.2) is 25.7 Å². The van der Waals surface area contributed by atoms with Crippen LogP contribution in [0.25, 0.3) is 0 Å². The number of hydrogen-bond acceptors (Lipinski definition) is 4. The Kier molecular flexibility index (Phi) is 10.6. The van der Waals surface area contributed by atoms with Crippen LogP contribution in [-0.2, 0) is 19.1 Å². The molecule has 0 saturated heterocycles. The lowest BCUT2D eigenvalue weighted by molar-refractivity contribution is -0.138. The van der Waals surface area contributed by atoms with Gasteiger partial charge in [-0.3, -0.25) is 0 Å². The Bertz CT molecular complexity index is 318. The highest BCUT2D eigenvalue weighted by atomic mass is 16.5. The van der Waals surface area contributed by atoms with E-state index in [1.165, 1.54) is 19.3 Å². The molecule has 1 atom stereocenters. The lowest BCUT2D eigenvalue weighted by atomic mass is 10.1. The van der Waals surface area contributed by atoms with Crippen molar-refractivity contribution in [3.05, 3.63) is 24.3 Å². The zero-order valence-corrected chi connectivity index (χ0v) is 12.1. The fourth-order valence-corrected chi connectivity index (χ4v) is 1.31. The van der Waals surface area contributed by atoms with Crippen LogP contribution in [0.2, 0.25) is 0 Å². The van der Waals surface area contributed by atoms with Crippen molar-refractivity contribution in [1.82, 2.24) is 0 Å². The molecule has 0 bridgehead atoms. The first kappa shape index (κ1) is 17.4. The van der Waals surface area contributed by atoms with E-state index < -0.39 is 0 Å². The lowest BCUT2D eigenvalue weighted by Gasteiger charge is -2.03. The molecule has 1 unspecified atom stereocenters. The molecule has 0 aromatic heterocycles. The largest absolute Gasteiger partial charge is 0.466 e. The van der Waals surface area contributed by atoms with Gasteiger partial charge in [0, 0.05) is 12.2 Å². The van der Waals surface area contributed by atoms with E-state index in [4.69, 9.17) is 4.74 Å². The summed E-state index contributed by atoms with van der Waals surface area (Å²) in [5.41, 5.74) is 0. The average Bonchev–Trinajstić information content (AvgIpc) is 2.41. The van der Waals surface area contributed by atoms with Crippen molar-refractivity contribution in [3.63, 3.8) is 0 Å². The van der Waals surface area contributed by atoms with Gasteiger partial charge in [0.15, 0.2) is 0 Å². The molecule has 4 nitrogen and oxygen atoms in total. The fourth-order valence-electron chi connectivity index (χ4n) is 1.31. The topological polar surface area (TPSA) is 52.6 Å². The summed E-state index contributed by atoms with van der Waals surface area (Å²) in [5, 5.41) is 0. The molecule has 0 fully saturated rings. The Morgan fingerprint density at radius 3 is 2.58 bits per heavy atom. The quantitative estimate of drug-likeness (QED) is 0.366. The summed E-state index contributed by atoms with van der Waals surface area (Å²) in [6, 6.07) is 0. The molecule has 0 aromatic rings. The highest BCUT2D eigenvalue weighted by Crippen LogP contribution is 2.08. The molecule has 0 rings (SSSR count). The van der Waals surface area contributed by atoms with Gasteiger partial charge in [-0.1, -0.05) is 32.4 Å². The number of carbonyl (C=O) groups is 2. The SMILES string of the molecule is CCCCOC(=O)C=CC(C)CCC=CC(=O)OC. The van der Waals surface area contributed by atoms with Gasteiger partial charge in [0.05, 0.1) is 13.7 Å². The molecule has 0 aliphatic rings. The number of allylic oxidation sites excluding steroid dienone is 2. The molecule has 0 aromatic carbocycles. The number of esters is 2. The van der Waals surface area contributed by atoms with Crippen molar-refractivity contribution in [2.24, 2.45) is 5.92 Å². The number of methoxy groups -OCH3 is 1. The van der Waals surface area contributed by atoms with Crippen LogP contribution in [0.3, 0.4) is 0 Å². The van der Waals surface area contributed by atoms with Crippen molar-refractivity contribution < 1.29 is 19.1 Å². The van der Waals surface area contributed by atoms with E-state index in [9.17, 15) is 9.59 Å². The van der Waals surface area contributed by atoms with E-state index in [1.54, 1.807) is 6.08 Å². The van der Waals surface area contributed by atoms with Gasteiger partial charge < -0.3 is 9.47 Å². The lowest BCUT2D eigenvalue weighted by Crippen LogP contribution is -2.02. The Hall–Kier alpha value is -1.58. The Morgan fingerprint density at radius 2 is 1.95 bits per heavy atom. The molecule has 0 radical (unpaired) electrons. The Balaban J connectivity index is 3.78. The average molecular weight is 268 g/mol. The second kappa shape index (κ2) is 11.5. The summed E-state index contributed by atoms with van der Waals surface area (Å²) >= 11 is 0. The van der Waals surface area contributed by atoms with Gasteiger partial charge >= 0.3 is 11.9 Å². The first-order valence-corrected chi connectivity index (χ1v) is 6.69. The van der Waals surface area contributed by atoms with Crippen LogP contribution >= 0.6 is 0 Å². The maximum absolute atomic E-state index is 11.3. The maximum atomic E-state index is 11.3. The number of carbonyl (C=O) groups excluding carboxylic acids is 2. The number of rotatable bonds is 9. The summed E-state index contributed by atoms with van der Waals surface area (Å²) in [6.07, 6.45) is 10.0. The van der Waals surface area contributed by atoms with Gasteiger partial charge in [-0.25, -0.2) is 9.59 Å². The van der Waals surface area contributed by atoms with E-state index in [2.05, 4.69) is 4.74 Å². The van der Waals surface area contributed by atoms with Crippen molar-refractivity contribution in [3.8, 4) is 0 Å². The number of ether oxygens (including phenoxy) is 2. The fraction of sp³-hybridized carbons (Fsp3) is 0.600. The van der Waals surface area contributed by atoms with Crippen LogP contribution in [0.1, 0.15) is 39.5 Å². The molecule has 0 N–H and O–H groups in total. The third kappa shape index (κ3) is 11.3. The van der Waals surface area contributed by atoms with Gasteiger partial charge in [0.1, 0.15) is 0 Å². The van der Waals surface area contributed by atoms with Crippen LogP contribution in [0.5, 0.6) is 0 Å². The van der Waals surface area contributed by atoms with Crippen molar-refractivity contribution in [1.29, 1.82) is 0 Å². The van der Waals surface area contributed by atoms with E-state index in [1.807, 2.05) is 19.9 Å². The monoisotopic (exact) mass is 268 g/mol. The summed E-state index contributed by atoms with van der Waals surface area (Å²) in [7, 11) is 1.35. The highest BCUT2D eigenvalue weighted by molar-refractivity contribution is 5.82. The summed E-state index contributed by atoms with van der Waals surface area (Å²) in [4.78, 5) is 22.1. The van der Waals surface area contributed by atoms with Crippen molar-refractivity contribution >= 4 is 11.9 Å². The third-order valence-electron chi connectivity index (χ3n) is 2.55. The Labute approximate surface area is 115 Å². The molecular weight excluding hydrogens is 244 g/mol. The summed E-state index contributed by atoms with van der Waals surface area (Å²) in [5.74, 6) is -0.367. The second-order valence-electron chi connectivity index (χ2n) is 4.36. The number of unbranched alkanes of at least 4 members (excludes halogenated alkanes) is 1. The van der Waals surface area contributed by atoms with Crippen LogP contribution < -0.4 is 0 Å². The molecule has 0 aliphatic heterocycles. The molecule has 0 aliphatic carbocycles. The summed E-state index contributed by atoms with van der Waals surface area (Å²) in [6.45, 7) is 4.55. The smallest absolute Gasteiger partial charge is 0.330 e. The minimum absolute atomic E-state index is 0.265. The van der Waals surface area contributed by atoms with Gasteiger partial charge in [-0.2, -0.15) is 0 Å². The van der Waals surface area contributed by atoms with Gasteiger partial charge in [-0.15, -0.1) is 0 Å². The van der Waals surface area contributed by atoms with E-state index in [0.29, 0.717) is 6.61 Å². The molecule has 108 valence electrons. The zero-order chi connectivity index (χ0) is 14.5. The minimum atomic E-state index is -0.345. The van der Waals surface area contributed by atoms with Crippen molar-refractivity contribution in [2.45, 2.75) is 39.5 Å². The molecular formula is C15H24O4. The predicted molar refractivity (Wildman–Crippen MR) is 74.6 cm³/mol. The second-order valence-corrected chi connectivity index (χ2v) is 4.36. The molecule has 19 heavy (non-hydrogen) atoms. The molecule has 0 spiro atoms. The normalized spacial score (nSPS) is 12.8. The Morgan fingerprint density at radius 1 is 1.21 bits per heavy atom. The van der Waals surface area contributed by atoms with Gasteiger partial charge in [0.2, 0.25) is 0 Å². The minimum Gasteiger partial charge on any atom is -0.466 e. The maximum Gasteiger partial charge on any atom is 0.330 e. The predicted octanol–water partition coefficient (Wildman–Crippen LogP) is 3.03. The van der Waals surface area contributed by atoms with E-state index in [-0.39, 0.29) is 17.9 Å². The van der Waals surface area contributed by atoms with Gasteiger partial charge in [0.25, 0.3) is 0 Å². The zero-order valence-electron chi connectivity index (χ0n) is 12.1. The molecule has 0 saturated carbocycles. The van der Waals surface area contributed by atoms with Crippen LogP contribution in [0.15, 0.2) is 24.3 Å². The highest BCUT2D eigenvalue weighted by Gasteiger charge is 1.99. The molecule has 0 heterocycles. The van der Waals surface area contributed by atoms with Crippen LogP contribution in [0, 0.1) is 5.92 Å². The standard InChI is InChI=1S/C15H24O4/c1-4-5-12-19-15(17)11-10-13(2)8-6-7-9-14(16)18-3/h7,9-11,13H,4-6,8,12H2,1-3H3. The van der Waals surface area contributed by atoms with E-state index in [0.717, 1.165) is 25.7 Å².